The molecule has 1 saturated heterocycles. The van der Waals surface area contributed by atoms with Gasteiger partial charge < -0.3 is 5.32 Å². The van der Waals surface area contributed by atoms with Crippen LogP contribution in [0.2, 0.25) is 0 Å². The number of alkyl halides is 3. The van der Waals surface area contributed by atoms with Crippen molar-refractivity contribution in [3.05, 3.63) is 15.6 Å². The van der Waals surface area contributed by atoms with Gasteiger partial charge in [-0.1, -0.05) is 6.42 Å². The molecule has 1 fully saturated rings. The minimum atomic E-state index is -4.31. The Balaban J connectivity index is 2.07. The molecular formula is C11H15F3N2S. The number of aromatic nitrogens is 1. The Morgan fingerprint density at radius 3 is 2.71 bits per heavy atom. The third-order valence-corrected chi connectivity index (χ3v) is 4.05. The third-order valence-electron chi connectivity index (χ3n) is 2.99. The number of piperidine rings is 1. The van der Waals surface area contributed by atoms with Crippen molar-refractivity contribution in [2.75, 3.05) is 6.54 Å². The number of thiazole rings is 1. The predicted molar refractivity (Wildman–Crippen MR) is 61.2 cm³/mol. The van der Waals surface area contributed by atoms with Gasteiger partial charge in [-0.05, 0) is 26.3 Å². The van der Waals surface area contributed by atoms with Crippen LogP contribution in [-0.4, -0.2) is 17.6 Å². The van der Waals surface area contributed by atoms with Crippen molar-refractivity contribution in [2.45, 2.75) is 44.8 Å². The monoisotopic (exact) mass is 264 g/mol. The van der Waals surface area contributed by atoms with Gasteiger partial charge in [0, 0.05) is 17.3 Å². The summed E-state index contributed by atoms with van der Waals surface area (Å²) >= 11 is 0.746. The lowest BCUT2D eigenvalue weighted by molar-refractivity contribution is -0.137. The molecule has 96 valence electrons. The van der Waals surface area contributed by atoms with Crippen LogP contribution in [0.4, 0.5) is 13.2 Å². The smallest absolute Gasteiger partial charge is 0.314 e. The van der Waals surface area contributed by atoms with Gasteiger partial charge in [-0.3, -0.25) is 0 Å². The van der Waals surface area contributed by atoms with E-state index in [9.17, 15) is 13.2 Å². The molecule has 0 aromatic carbocycles. The number of nitrogens with one attached hydrogen (secondary N) is 1. The number of nitrogens with zero attached hydrogens (tertiary/aromatic N) is 1. The summed E-state index contributed by atoms with van der Waals surface area (Å²) < 4.78 is 37.5. The molecule has 1 atom stereocenters. The van der Waals surface area contributed by atoms with Gasteiger partial charge in [-0.2, -0.15) is 13.2 Å². The number of aryl methyl sites for hydroxylation is 1. The molecule has 0 saturated carbocycles. The Hall–Kier alpha value is -0.620. The lowest BCUT2D eigenvalue weighted by Gasteiger charge is -2.22. The predicted octanol–water partition coefficient (Wildman–Crippen LogP) is 3.15. The fraction of sp³-hybridized carbons (Fsp3) is 0.727. The largest absolute Gasteiger partial charge is 0.443 e. The van der Waals surface area contributed by atoms with Crippen LogP contribution in [0, 0.1) is 6.92 Å². The SMILES string of the molecule is Cc1sc(C(F)(F)F)nc1CC1CCCCN1. The zero-order chi connectivity index (χ0) is 12.5. The number of hydrogen-bond acceptors (Lipinski definition) is 3. The minimum Gasteiger partial charge on any atom is -0.314 e. The molecule has 0 aliphatic carbocycles. The highest BCUT2D eigenvalue weighted by molar-refractivity contribution is 7.11. The Labute approximate surface area is 102 Å². The summed E-state index contributed by atoms with van der Waals surface area (Å²) in [7, 11) is 0. The minimum absolute atomic E-state index is 0.283. The average molecular weight is 264 g/mol. The van der Waals surface area contributed by atoms with Gasteiger partial charge in [0.2, 0.25) is 0 Å². The first kappa shape index (κ1) is 12.8. The highest BCUT2D eigenvalue weighted by Gasteiger charge is 2.35. The Morgan fingerprint density at radius 2 is 2.18 bits per heavy atom. The van der Waals surface area contributed by atoms with Gasteiger partial charge in [0.15, 0.2) is 5.01 Å². The van der Waals surface area contributed by atoms with Crippen LogP contribution >= 0.6 is 11.3 Å². The van der Waals surface area contributed by atoms with Crippen molar-refractivity contribution >= 4 is 11.3 Å². The Bertz CT molecular complexity index is 381. The molecule has 2 heterocycles. The van der Waals surface area contributed by atoms with Gasteiger partial charge in [0.05, 0.1) is 5.69 Å². The molecule has 1 N–H and O–H groups in total. The van der Waals surface area contributed by atoms with Crippen molar-refractivity contribution in [1.82, 2.24) is 10.3 Å². The van der Waals surface area contributed by atoms with E-state index in [0.717, 1.165) is 37.1 Å². The van der Waals surface area contributed by atoms with Gasteiger partial charge in [-0.15, -0.1) is 11.3 Å². The maximum Gasteiger partial charge on any atom is 0.443 e. The topological polar surface area (TPSA) is 24.9 Å². The second-order valence-corrected chi connectivity index (χ2v) is 5.57. The Kier molecular flexibility index (Phi) is 3.73. The second kappa shape index (κ2) is 4.94. The summed E-state index contributed by atoms with van der Waals surface area (Å²) in [5, 5.41) is 2.60. The zero-order valence-electron chi connectivity index (χ0n) is 9.60. The highest BCUT2D eigenvalue weighted by Crippen LogP contribution is 2.34. The average Bonchev–Trinajstić information content (AvgIpc) is 2.62. The molecule has 0 bridgehead atoms. The second-order valence-electron chi connectivity index (χ2n) is 4.37. The standard InChI is InChI=1S/C11H15F3N2S/c1-7-9(6-8-4-2-3-5-15-8)16-10(17-7)11(12,13)14/h8,15H,2-6H2,1H3. The first-order valence-corrected chi connectivity index (χ1v) is 6.55. The summed E-state index contributed by atoms with van der Waals surface area (Å²) in [6.45, 7) is 2.67. The van der Waals surface area contributed by atoms with E-state index in [1.165, 1.54) is 0 Å². The van der Waals surface area contributed by atoms with Gasteiger partial charge in [-0.25, -0.2) is 4.98 Å². The number of rotatable bonds is 2. The molecule has 17 heavy (non-hydrogen) atoms. The number of halogens is 3. The van der Waals surface area contributed by atoms with Crippen LogP contribution in [0.3, 0.4) is 0 Å². The molecule has 2 rings (SSSR count). The van der Waals surface area contributed by atoms with E-state index in [2.05, 4.69) is 10.3 Å². The molecule has 0 radical (unpaired) electrons. The van der Waals surface area contributed by atoms with Crippen LogP contribution in [0.5, 0.6) is 0 Å². The molecular weight excluding hydrogens is 249 g/mol. The normalized spacial score (nSPS) is 21.8. The van der Waals surface area contributed by atoms with Crippen LogP contribution in [0.15, 0.2) is 0 Å². The maximum atomic E-state index is 12.5. The van der Waals surface area contributed by atoms with Crippen molar-refractivity contribution in [3.63, 3.8) is 0 Å². The van der Waals surface area contributed by atoms with Gasteiger partial charge in [0.25, 0.3) is 0 Å². The first-order chi connectivity index (χ1) is 7.97. The van der Waals surface area contributed by atoms with E-state index in [-0.39, 0.29) is 6.04 Å². The van der Waals surface area contributed by atoms with Gasteiger partial charge >= 0.3 is 6.18 Å². The van der Waals surface area contributed by atoms with Crippen LogP contribution in [-0.2, 0) is 12.6 Å². The molecule has 1 unspecified atom stereocenters. The van der Waals surface area contributed by atoms with Crippen molar-refractivity contribution in [2.24, 2.45) is 0 Å². The fourth-order valence-electron chi connectivity index (χ4n) is 2.07. The lowest BCUT2D eigenvalue weighted by atomic mass is 10.0. The first-order valence-electron chi connectivity index (χ1n) is 5.73. The molecule has 0 amide bonds. The van der Waals surface area contributed by atoms with E-state index in [1.807, 2.05) is 0 Å². The van der Waals surface area contributed by atoms with E-state index >= 15 is 0 Å². The summed E-state index contributed by atoms with van der Waals surface area (Å²) in [6, 6.07) is 0.283. The highest BCUT2D eigenvalue weighted by atomic mass is 32.1. The zero-order valence-corrected chi connectivity index (χ0v) is 10.4. The molecule has 2 nitrogen and oxygen atoms in total. The third kappa shape index (κ3) is 3.19. The van der Waals surface area contributed by atoms with Crippen LogP contribution in [0.25, 0.3) is 0 Å². The lowest BCUT2D eigenvalue weighted by Crippen LogP contribution is -2.35. The van der Waals surface area contributed by atoms with E-state index in [0.29, 0.717) is 17.0 Å². The van der Waals surface area contributed by atoms with Crippen molar-refractivity contribution in [3.8, 4) is 0 Å². The van der Waals surface area contributed by atoms with Crippen molar-refractivity contribution in [1.29, 1.82) is 0 Å². The molecule has 0 spiro atoms. The summed E-state index contributed by atoms with van der Waals surface area (Å²) in [5.74, 6) is 0. The van der Waals surface area contributed by atoms with E-state index in [4.69, 9.17) is 0 Å². The summed E-state index contributed by atoms with van der Waals surface area (Å²) in [4.78, 5) is 4.41. The summed E-state index contributed by atoms with van der Waals surface area (Å²) in [6.07, 6.45) is -0.377. The molecule has 1 aliphatic heterocycles. The van der Waals surface area contributed by atoms with Crippen molar-refractivity contribution < 1.29 is 13.2 Å². The molecule has 1 aliphatic rings. The molecule has 6 heteroatoms. The molecule has 1 aromatic heterocycles. The van der Waals surface area contributed by atoms with Crippen LogP contribution in [0.1, 0.15) is 34.8 Å². The van der Waals surface area contributed by atoms with Gasteiger partial charge in [0.1, 0.15) is 0 Å². The summed E-state index contributed by atoms with van der Waals surface area (Å²) in [5.41, 5.74) is 0.599. The Morgan fingerprint density at radius 1 is 1.41 bits per heavy atom. The van der Waals surface area contributed by atoms with Crippen LogP contribution < -0.4 is 5.32 Å². The van der Waals surface area contributed by atoms with E-state index in [1.54, 1.807) is 6.92 Å². The number of hydrogen-bond donors (Lipinski definition) is 1. The van der Waals surface area contributed by atoms with E-state index < -0.39 is 11.2 Å². The quantitative estimate of drug-likeness (QED) is 0.887. The molecule has 1 aromatic rings. The fourth-order valence-corrected chi connectivity index (χ4v) is 2.88. The maximum absolute atomic E-state index is 12.5.